The number of aromatic nitrogens is 2. The Hall–Kier alpha value is -2.15. The minimum absolute atomic E-state index is 0.109. The van der Waals surface area contributed by atoms with Gasteiger partial charge in [0.05, 0.1) is 16.5 Å². The first kappa shape index (κ1) is 17.7. The van der Waals surface area contributed by atoms with Crippen LogP contribution in [0.4, 0.5) is 13.2 Å². The van der Waals surface area contributed by atoms with Gasteiger partial charge in [0, 0.05) is 10.0 Å². The number of alkyl halides is 3. The summed E-state index contributed by atoms with van der Waals surface area (Å²) in [5.74, 6) is 0.233. The zero-order chi connectivity index (χ0) is 18.4. The number of halogens is 4. The Morgan fingerprint density at radius 1 is 1.16 bits per heavy atom. The van der Waals surface area contributed by atoms with E-state index in [-0.39, 0.29) is 27.3 Å². The van der Waals surface area contributed by atoms with Gasteiger partial charge in [0.2, 0.25) is 0 Å². The van der Waals surface area contributed by atoms with Crippen LogP contribution in [-0.2, 0) is 6.18 Å². The van der Waals surface area contributed by atoms with Crippen LogP contribution in [0.25, 0.3) is 22.3 Å². The van der Waals surface area contributed by atoms with Gasteiger partial charge in [-0.2, -0.15) is 13.2 Å². The normalized spacial score (nSPS) is 12.1. The van der Waals surface area contributed by atoms with Gasteiger partial charge in [-0.1, -0.05) is 41.9 Å². The summed E-state index contributed by atoms with van der Waals surface area (Å²) in [4.78, 5) is 19.4. The van der Waals surface area contributed by atoms with Gasteiger partial charge in [0.25, 0.3) is 5.56 Å². The first-order chi connectivity index (χ1) is 11.7. The number of para-hydroxylation sites is 1. The molecular formula is C18H14BrF3N2O. The van der Waals surface area contributed by atoms with E-state index in [0.717, 1.165) is 17.7 Å². The second-order valence-electron chi connectivity index (χ2n) is 6.04. The molecule has 3 aromatic rings. The zero-order valence-corrected chi connectivity index (χ0v) is 15.0. The fraction of sp³-hybridized carbons (Fsp3) is 0.222. The molecular weight excluding hydrogens is 397 g/mol. The fourth-order valence-corrected chi connectivity index (χ4v) is 3.17. The van der Waals surface area contributed by atoms with Crippen molar-refractivity contribution in [3.8, 4) is 11.4 Å². The van der Waals surface area contributed by atoms with E-state index in [1.807, 2.05) is 19.9 Å². The molecule has 0 spiro atoms. The van der Waals surface area contributed by atoms with Crippen LogP contribution in [0.5, 0.6) is 0 Å². The predicted molar refractivity (Wildman–Crippen MR) is 94.6 cm³/mol. The molecule has 1 heterocycles. The van der Waals surface area contributed by atoms with Crippen LogP contribution in [0, 0.1) is 0 Å². The minimum atomic E-state index is -4.49. The molecule has 3 rings (SSSR count). The summed E-state index contributed by atoms with van der Waals surface area (Å²) in [6.45, 7) is 3.94. The van der Waals surface area contributed by atoms with Crippen molar-refractivity contribution in [3.63, 3.8) is 0 Å². The quantitative estimate of drug-likeness (QED) is 0.606. The highest BCUT2D eigenvalue weighted by Crippen LogP contribution is 2.34. The Labute approximate surface area is 150 Å². The second-order valence-corrected chi connectivity index (χ2v) is 6.95. The SMILES string of the molecule is CC(C)c1cccc2c(=O)[nH]c(-c3cc(Br)cc(C(F)(F)F)c3)nc12. The Kier molecular flexibility index (Phi) is 4.45. The molecule has 0 unspecified atom stereocenters. The molecule has 0 bridgehead atoms. The maximum Gasteiger partial charge on any atom is 0.416 e. The molecule has 1 aromatic heterocycles. The minimum Gasteiger partial charge on any atom is -0.306 e. The lowest BCUT2D eigenvalue weighted by molar-refractivity contribution is -0.137. The average Bonchev–Trinajstić information content (AvgIpc) is 2.52. The number of benzene rings is 2. The van der Waals surface area contributed by atoms with Gasteiger partial charge in [-0.15, -0.1) is 0 Å². The summed E-state index contributed by atoms with van der Waals surface area (Å²) in [6.07, 6.45) is -4.49. The first-order valence-corrected chi connectivity index (χ1v) is 8.37. The van der Waals surface area contributed by atoms with E-state index in [4.69, 9.17) is 0 Å². The summed E-state index contributed by atoms with van der Waals surface area (Å²) in [7, 11) is 0. The summed E-state index contributed by atoms with van der Waals surface area (Å²) < 4.78 is 39.4. The highest BCUT2D eigenvalue weighted by molar-refractivity contribution is 9.10. The standard InChI is InChI=1S/C18H14BrF3N2O/c1-9(2)13-4-3-5-14-15(13)23-16(24-17(14)25)10-6-11(18(20,21)22)8-12(19)7-10/h3-9H,1-2H3,(H,23,24,25). The molecule has 1 N–H and O–H groups in total. The molecule has 3 nitrogen and oxygen atoms in total. The molecule has 0 aliphatic heterocycles. The van der Waals surface area contributed by atoms with Gasteiger partial charge < -0.3 is 4.98 Å². The third-order valence-corrected chi connectivity index (χ3v) is 4.35. The van der Waals surface area contributed by atoms with E-state index < -0.39 is 11.7 Å². The second kappa shape index (κ2) is 6.29. The van der Waals surface area contributed by atoms with Crippen molar-refractivity contribution in [1.29, 1.82) is 0 Å². The van der Waals surface area contributed by atoms with Crippen LogP contribution in [0.15, 0.2) is 45.7 Å². The van der Waals surface area contributed by atoms with Gasteiger partial charge in [-0.25, -0.2) is 4.98 Å². The Morgan fingerprint density at radius 2 is 1.88 bits per heavy atom. The largest absolute Gasteiger partial charge is 0.416 e. The summed E-state index contributed by atoms with van der Waals surface area (Å²) >= 11 is 3.09. The highest BCUT2D eigenvalue weighted by atomic mass is 79.9. The van der Waals surface area contributed by atoms with Crippen molar-refractivity contribution in [2.75, 3.05) is 0 Å². The third-order valence-electron chi connectivity index (χ3n) is 3.89. The van der Waals surface area contributed by atoms with Crippen LogP contribution in [-0.4, -0.2) is 9.97 Å². The molecule has 0 aliphatic carbocycles. The number of nitrogens with one attached hydrogen (secondary N) is 1. The van der Waals surface area contributed by atoms with Crippen LogP contribution in [0.1, 0.15) is 30.9 Å². The van der Waals surface area contributed by atoms with E-state index in [1.54, 1.807) is 12.1 Å². The van der Waals surface area contributed by atoms with E-state index in [0.29, 0.717) is 10.9 Å². The zero-order valence-electron chi connectivity index (χ0n) is 13.4. The van der Waals surface area contributed by atoms with Crippen LogP contribution < -0.4 is 5.56 Å². The number of rotatable bonds is 2. The third kappa shape index (κ3) is 3.46. The molecule has 0 saturated heterocycles. The molecule has 25 heavy (non-hydrogen) atoms. The monoisotopic (exact) mass is 410 g/mol. The number of aromatic amines is 1. The Morgan fingerprint density at radius 3 is 2.52 bits per heavy atom. The van der Waals surface area contributed by atoms with Gasteiger partial charge in [-0.3, -0.25) is 4.79 Å². The number of hydrogen-bond donors (Lipinski definition) is 1. The molecule has 0 fully saturated rings. The number of H-pyrrole nitrogens is 1. The van der Waals surface area contributed by atoms with E-state index >= 15 is 0 Å². The van der Waals surface area contributed by atoms with Crippen molar-refractivity contribution < 1.29 is 13.2 Å². The lowest BCUT2D eigenvalue weighted by Gasteiger charge is -2.12. The van der Waals surface area contributed by atoms with Gasteiger partial charge in [0.15, 0.2) is 0 Å². The Bertz CT molecular complexity index is 1010. The summed E-state index contributed by atoms with van der Waals surface area (Å²) in [5.41, 5.74) is 0.382. The van der Waals surface area contributed by atoms with Crippen LogP contribution >= 0.6 is 15.9 Å². The van der Waals surface area contributed by atoms with Gasteiger partial charge in [-0.05, 0) is 35.7 Å². The number of fused-ring (bicyclic) bond motifs is 1. The van der Waals surface area contributed by atoms with Gasteiger partial charge >= 0.3 is 6.18 Å². The maximum atomic E-state index is 13.1. The molecule has 2 aromatic carbocycles. The van der Waals surface area contributed by atoms with Crippen molar-refractivity contribution in [3.05, 3.63) is 62.4 Å². The van der Waals surface area contributed by atoms with Crippen molar-refractivity contribution in [2.24, 2.45) is 0 Å². The average molecular weight is 411 g/mol. The Balaban J connectivity index is 2.29. The van der Waals surface area contributed by atoms with E-state index in [9.17, 15) is 18.0 Å². The molecule has 7 heteroatoms. The van der Waals surface area contributed by atoms with E-state index in [1.165, 1.54) is 6.07 Å². The first-order valence-electron chi connectivity index (χ1n) is 7.58. The number of nitrogens with zero attached hydrogens (tertiary/aromatic N) is 1. The highest BCUT2D eigenvalue weighted by Gasteiger charge is 2.31. The molecule has 0 saturated carbocycles. The van der Waals surface area contributed by atoms with E-state index in [2.05, 4.69) is 25.9 Å². The molecule has 0 amide bonds. The molecule has 0 radical (unpaired) electrons. The number of hydrogen-bond acceptors (Lipinski definition) is 2. The lowest BCUT2D eigenvalue weighted by atomic mass is 10.00. The lowest BCUT2D eigenvalue weighted by Crippen LogP contribution is -2.12. The smallest absolute Gasteiger partial charge is 0.306 e. The van der Waals surface area contributed by atoms with Crippen LogP contribution in [0.3, 0.4) is 0 Å². The van der Waals surface area contributed by atoms with Crippen molar-refractivity contribution in [1.82, 2.24) is 9.97 Å². The molecule has 0 aliphatic rings. The summed E-state index contributed by atoms with van der Waals surface area (Å²) in [6, 6.07) is 8.76. The molecule has 0 atom stereocenters. The van der Waals surface area contributed by atoms with Crippen molar-refractivity contribution in [2.45, 2.75) is 25.9 Å². The van der Waals surface area contributed by atoms with Crippen LogP contribution in [0.2, 0.25) is 0 Å². The molecule has 130 valence electrons. The van der Waals surface area contributed by atoms with Gasteiger partial charge in [0.1, 0.15) is 5.82 Å². The topological polar surface area (TPSA) is 45.8 Å². The summed E-state index contributed by atoms with van der Waals surface area (Å²) in [5, 5.41) is 0.418. The van der Waals surface area contributed by atoms with Crippen molar-refractivity contribution >= 4 is 26.8 Å². The predicted octanol–water partition coefficient (Wildman–Crippen LogP) is 5.49. The fourth-order valence-electron chi connectivity index (χ4n) is 2.68. The maximum absolute atomic E-state index is 13.1.